The lowest BCUT2D eigenvalue weighted by molar-refractivity contribution is 0.0992. The third kappa shape index (κ3) is 2.06. The molecule has 0 aliphatic rings. The van der Waals surface area contributed by atoms with E-state index in [-0.39, 0.29) is 5.91 Å². The van der Waals surface area contributed by atoms with Gasteiger partial charge in [-0.15, -0.1) is 0 Å². The molecule has 1 amide bonds. The molecule has 0 bridgehead atoms. The highest BCUT2D eigenvalue weighted by molar-refractivity contribution is 6.05. The van der Waals surface area contributed by atoms with Crippen molar-refractivity contribution in [2.45, 2.75) is 0 Å². The maximum Gasteiger partial charge on any atom is 0.259 e. The van der Waals surface area contributed by atoms with E-state index in [0.29, 0.717) is 5.56 Å². The Balaban J connectivity index is 2.24. The molecule has 2 aromatic rings. The van der Waals surface area contributed by atoms with Crippen LogP contribution in [-0.4, -0.2) is 23.2 Å². The van der Waals surface area contributed by atoms with Crippen LogP contribution in [0.15, 0.2) is 48.8 Å². The van der Waals surface area contributed by atoms with E-state index in [1.54, 1.807) is 18.0 Å². The second kappa shape index (κ2) is 4.53. The molecule has 0 aliphatic heterocycles. The number of para-hydroxylation sites is 1. The van der Waals surface area contributed by atoms with Gasteiger partial charge in [0.05, 0.1) is 18.0 Å². The largest absolute Gasteiger partial charge is 0.311 e. The first kappa shape index (κ1) is 10.3. The third-order valence-corrected chi connectivity index (χ3v) is 2.28. The van der Waals surface area contributed by atoms with E-state index in [2.05, 4.69) is 10.2 Å². The molecular formula is C12H11N3O. The summed E-state index contributed by atoms with van der Waals surface area (Å²) in [5.41, 5.74) is 1.38. The maximum absolute atomic E-state index is 12.0. The molecule has 0 unspecified atom stereocenters. The first-order valence-electron chi connectivity index (χ1n) is 4.89. The molecule has 0 N–H and O–H groups in total. The topological polar surface area (TPSA) is 46.1 Å². The van der Waals surface area contributed by atoms with Crippen LogP contribution in [0.3, 0.4) is 0 Å². The van der Waals surface area contributed by atoms with Gasteiger partial charge in [-0.25, -0.2) is 0 Å². The van der Waals surface area contributed by atoms with Crippen molar-refractivity contribution < 1.29 is 4.79 Å². The molecule has 0 spiro atoms. The highest BCUT2D eigenvalue weighted by Crippen LogP contribution is 2.13. The van der Waals surface area contributed by atoms with Gasteiger partial charge in [0, 0.05) is 12.7 Å². The summed E-state index contributed by atoms with van der Waals surface area (Å²) < 4.78 is 0. The lowest BCUT2D eigenvalue weighted by atomic mass is 10.2. The second-order valence-electron chi connectivity index (χ2n) is 3.33. The van der Waals surface area contributed by atoms with Gasteiger partial charge < -0.3 is 4.90 Å². The van der Waals surface area contributed by atoms with Gasteiger partial charge in [0.15, 0.2) is 0 Å². The third-order valence-electron chi connectivity index (χ3n) is 2.28. The highest BCUT2D eigenvalue weighted by Gasteiger charge is 2.12. The van der Waals surface area contributed by atoms with Crippen LogP contribution >= 0.6 is 0 Å². The summed E-state index contributed by atoms with van der Waals surface area (Å²) in [7, 11) is 1.73. The second-order valence-corrected chi connectivity index (χ2v) is 3.33. The van der Waals surface area contributed by atoms with Gasteiger partial charge in [-0.2, -0.15) is 10.2 Å². The normalized spacial score (nSPS) is 9.81. The number of benzene rings is 1. The van der Waals surface area contributed by atoms with Crippen LogP contribution in [0, 0.1) is 0 Å². The first-order chi connectivity index (χ1) is 7.79. The zero-order valence-electron chi connectivity index (χ0n) is 8.87. The Morgan fingerprint density at radius 1 is 1.12 bits per heavy atom. The Hall–Kier alpha value is -2.23. The summed E-state index contributed by atoms with van der Waals surface area (Å²) in [4.78, 5) is 13.6. The molecule has 0 saturated carbocycles. The Labute approximate surface area is 93.5 Å². The molecular weight excluding hydrogens is 202 g/mol. The number of carbonyl (C=O) groups excluding carboxylic acids is 1. The monoisotopic (exact) mass is 213 g/mol. The molecule has 1 heterocycles. The van der Waals surface area contributed by atoms with Gasteiger partial charge in [0.25, 0.3) is 5.91 Å². The predicted molar refractivity (Wildman–Crippen MR) is 61.2 cm³/mol. The number of hydrogen-bond acceptors (Lipinski definition) is 3. The fourth-order valence-electron chi connectivity index (χ4n) is 1.38. The number of hydrogen-bond donors (Lipinski definition) is 0. The van der Waals surface area contributed by atoms with Crippen molar-refractivity contribution in [3.63, 3.8) is 0 Å². The van der Waals surface area contributed by atoms with E-state index in [9.17, 15) is 4.79 Å². The molecule has 4 nitrogen and oxygen atoms in total. The molecule has 0 radical (unpaired) electrons. The molecule has 0 saturated heterocycles. The van der Waals surface area contributed by atoms with Crippen molar-refractivity contribution in [3.05, 3.63) is 54.4 Å². The van der Waals surface area contributed by atoms with Gasteiger partial charge in [-0.05, 0) is 18.2 Å². The van der Waals surface area contributed by atoms with E-state index in [4.69, 9.17) is 0 Å². The fraction of sp³-hybridized carbons (Fsp3) is 0.0833. The summed E-state index contributed by atoms with van der Waals surface area (Å²) >= 11 is 0. The SMILES string of the molecule is CN(C(=O)c1ccnnc1)c1ccccc1. The predicted octanol–water partition coefficient (Wildman–Crippen LogP) is 1.75. The summed E-state index contributed by atoms with van der Waals surface area (Å²) in [6.07, 6.45) is 2.97. The van der Waals surface area contributed by atoms with E-state index in [1.165, 1.54) is 12.4 Å². The quantitative estimate of drug-likeness (QED) is 0.763. The van der Waals surface area contributed by atoms with Crippen molar-refractivity contribution in [1.82, 2.24) is 10.2 Å². The number of carbonyl (C=O) groups is 1. The van der Waals surface area contributed by atoms with Crippen LogP contribution in [0.2, 0.25) is 0 Å². The number of rotatable bonds is 2. The zero-order chi connectivity index (χ0) is 11.4. The standard InChI is InChI=1S/C12H11N3O/c1-15(11-5-3-2-4-6-11)12(16)10-7-8-13-14-9-10/h2-9H,1H3. The lowest BCUT2D eigenvalue weighted by Gasteiger charge is -2.16. The summed E-state index contributed by atoms with van der Waals surface area (Å²) in [6, 6.07) is 11.1. The van der Waals surface area contributed by atoms with Gasteiger partial charge in [-0.3, -0.25) is 4.79 Å². The van der Waals surface area contributed by atoms with Crippen LogP contribution in [0.4, 0.5) is 5.69 Å². The first-order valence-corrected chi connectivity index (χ1v) is 4.89. The summed E-state index contributed by atoms with van der Waals surface area (Å²) in [6.45, 7) is 0. The van der Waals surface area contributed by atoms with E-state index in [0.717, 1.165) is 5.69 Å². The van der Waals surface area contributed by atoms with Crippen LogP contribution in [0.25, 0.3) is 0 Å². The Morgan fingerprint density at radius 3 is 2.50 bits per heavy atom. The van der Waals surface area contributed by atoms with E-state index < -0.39 is 0 Å². The minimum absolute atomic E-state index is 0.0962. The van der Waals surface area contributed by atoms with Gasteiger partial charge in [0.1, 0.15) is 0 Å². The lowest BCUT2D eigenvalue weighted by Crippen LogP contribution is -2.26. The molecule has 80 valence electrons. The summed E-state index contributed by atoms with van der Waals surface area (Å²) in [5, 5.41) is 7.32. The van der Waals surface area contributed by atoms with Crippen molar-refractivity contribution in [2.75, 3.05) is 11.9 Å². The van der Waals surface area contributed by atoms with Gasteiger partial charge in [0.2, 0.25) is 0 Å². The van der Waals surface area contributed by atoms with Gasteiger partial charge >= 0.3 is 0 Å². The molecule has 0 atom stereocenters. The van der Waals surface area contributed by atoms with Crippen molar-refractivity contribution in [2.24, 2.45) is 0 Å². The Kier molecular flexibility index (Phi) is 2.91. The molecule has 1 aromatic heterocycles. The van der Waals surface area contributed by atoms with Crippen LogP contribution in [0.1, 0.15) is 10.4 Å². The number of anilines is 1. The summed E-state index contributed by atoms with van der Waals surface area (Å²) in [5.74, 6) is -0.0962. The average molecular weight is 213 g/mol. The Morgan fingerprint density at radius 2 is 1.88 bits per heavy atom. The minimum atomic E-state index is -0.0962. The molecule has 2 rings (SSSR count). The highest BCUT2D eigenvalue weighted by atomic mass is 16.2. The number of aromatic nitrogens is 2. The molecule has 4 heteroatoms. The maximum atomic E-state index is 12.0. The molecule has 16 heavy (non-hydrogen) atoms. The Bertz CT molecular complexity index is 470. The molecule has 0 aliphatic carbocycles. The van der Waals surface area contributed by atoms with E-state index >= 15 is 0 Å². The van der Waals surface area contributed by atoms with Crippen molar-refractivity contribution in [3.8, 4) is 0 Å². The molecule has 0 fully saturated rings. The van der Waals surface area contributed by atoms with Crippen LogP contribution in [-0.2, 0) is 0 Å². The smallest absolute Gasteiger partial charge is 0.259 e. The zero-order valence-corrected chi connectivity index (χ0v) is 8.87. The number of amides is 1. The van der Waals surface area contributed by atoms with Gasteiger partial charge in [-0.1, -0.05) is 18.2 Å². The van der Waals surface area contributed by atoms with Crippen molar-refractivity contribution in [1.29, 1.82) is 0 Å². The fourth-order valence-corrected chi connectivity index (χ4v) is 1.38. The van der Waals surface area contributed by atoms with Crippen molar-refractivity contribution >= 4 is 11.6 Å². The van der Waals surface area contributed by atoms with E-state index in [1.807, 2.05) is 30.3 Å². The molecule has 1 aromatic carbocycles. The van der Waals surface area contributed by atoms with Crippen LogP contribution < -0.4 is 4.90 Å². The average Bonchev–Trinajstić information content (AvgIpc) is 2.39. The van der Waals surface area contributed by atoms with Crippen LogP contribution in [0.5, 0.6) is 0 Å². The minimum Gasteiger partial charge on any atom is -0.311 e. The number of nitrogens with zero attached hydrogens (tertiary/aromatic N) is 3.